The number of hydrogen-bond donors (Lipinski definition) is 0. The molecule has 1 aliphatic rings. The smallest absolute Gasteiger partial charge is 0.291 e. The molecule has 0 radical (unpaired) electrons. The molecule has 1 unspecified atom stereocenters. The molecule has 0 aromatic carbocycles. The van der Waals surface area contributed by atoms with E-state index in [0.29, 0.717) is 0 Å². The molecule has 1 atom stereocenters. The second-order valence-electron chi connectivity index (χ2n) is 7.92. The molecule has 0 aliphatic carbocycles. The highest BCUT2D eigenvalue weighted by Crippen LogP contribution is 2.14. The number of rotatable bonds is 9. The fourth-order valence-electron chi connectivity index (χ4n) is 3.66. The third kappa shape index (κ3) is 10.9. The van der Waals surface area contributed by atoms with E-state index in [1.165, 1.54) is 19.6 Å². The van der Waals surface area contributed by atoms with E-state index in [2.05, 4.69) is 0 Å². The van der Waals surface area contributed by atoms with Gasteiger partial charge in [0.2, 0.25) is 0 Å². The van der Waals surface area contributed by atoms with Crippen molar-refractivity contribution >= 4 is 24.1 Å². The van der Waals surface area contributed by atoms with Crippen LogP contribution in [0.25, 0.3) is 0 Å². The van der Waals surface area contributed by atoms with Crippen LogP contribution in [0.1, 0.15) is 13.8 Å². The summed E-state index contributed by atoms with van der Waals surface area (Å²) in [5.74, 6) is -0.385. The molecule has 0 saturated carbocycles. The van der Waals surface area contributed by atoms with Gasteiger partial charge in [-0.05, 0) is 5.92 Å². The van der Waals surface area contributed by atoms with E-state index in [-0.39, 0.29) is 58.3 Å². The average molecular weight is 454 g/mol. The molecular weight excluding hydrogens is 424 g/mol. The molecule has 8 nitrogen and oxygen atoms in total. The molecule has 1 rings (SSSR count). The first kappa shape index (κ1) is 27.3. The van der Waals surface area contributed by atoms with E-state index >= 15 is 0 Å². The lowest BCUT2D eigenvalue weighted by atomic mass is 10.0. The third-order valence-electron chi connectivity index (χ3n) is 5.17. The molecule has 1 aliphatic heterocycles. The molecule has 178 valence electrons. The lowest BCUT2D eigenvalue weighted by Gasteiger charge is -2.36. The van der Waals surface area contributed by atoms with Crippen molar-refractivity contribution in [3.05, 3.63) is 0 Å². The van der Waals surface area contributed by atoms with Crippen LogP contribution in [0.3, 0.4) is 0 Å². The van der Waals surface area contributed by atoms with Crippen molar-refractivity contribution in [1.29, 1.82) is 0 Å². The van der Waals surface area contributed by atoms with Crippen molar-refractivity contribution in [2.75, 3.05) is 72.0 Å². The van der Waals surface area contributed by atoms with E-state index in [4.69, 9.17) is 0 Å². The Morgan fingerprint density at radius 1 is 0.613 bits per heavy atom. The minimum atomic E-state index is -1.58. The topological polar surface area (TPSA) is 81.2 Å². The van der Waals surface area contributed by atoms with Crippen LogP contribution >= 0.6 is 0 Å². The van der Waals surface area contributed by atoms with Crippen LogP contribution in [-0.2, 0) is 19.2 Å². The maximum atomic E-state index is 13.7. The normalized spacial score (nSPS) is 20.1. The molecule has 0 aromatic heterocycles. The van der Waals surface area contributed by atoms with Crippen LogP contribution in [0.2, 0.25) is 0 Å². The molecular formula is C19H30F4N4O4. The van der Waals surface area contributed by atoms with Gasteiger partial charge in [0, 0.05) is 52.4 Å². The van der Waals surface area contributed by atoms with Gasteiger partial charge in [0.05, 0.1) is 19.6 Å². The lowest BCUT2D eigenvalue weighted by molar-refractivity contribution is -0.138. The lowest BCUT2D eigenvalue weighted by Crippen LogP contribution is -2.52. The Morgan fingerprint density at radius 3 is 1.13 bits per heavy atom. The summed E-state index contributed by atoms with van der Waals surface area (Å²) in [7, 11) is 0. The second-order valence-corrected chi connectivity index (χ2v) is 7.92. The van der Waals surface area contributed by atoms with Gasteiger partial charge in [0.1, 0.15) is 6.04 Å². The van der Waals surface area contributed by atoms with Crippen molar-refractivity contribution < 1.29 is 36.7 Å². The number of carbonyl (C=O) groups excluding carboxylic acids is 4. The van der Waals surface area contributed by atoms with Crippen molar-refractivity contribution in [3.8, 4) is 0 Å². The first-order valence-electron chi connectivity index (χ1n) is 10.1. The quantitative estimate of drug-likeness (QED) is 0.362. The zero-order valence-electron chi connectivity index (χ0n) is 17.9. The number of nitrogens with zero attached hydrogens (tertiary/aromatic N) is 4. The van der Waals surface area contributed by atoms with Gasteiger partial charge in [-0.25, -0.2) is 0 Å². The summed E-state index contributed by atoms with van der Waals surface area (Å²) >= 11 is 0. The van der Waals surface area contributed by atoms with Gasteiger partial charge in [0.15, 0.2) is 0 Å². The Labute approximate surface area is 179 Å². The second kappa shape index (κ2) is 13.6. The van der Waals surface area contributed by atoms with Crippen LogP contribution in [0.15, 0.2) is 0 Å². The largest absolute Gasteiger partial charge is 0.318 e. The summed E-state index contributed by atoms with van der Waals surface area (Å²) < 4.78 is 52.7. The van der Waals surface area contributed by atoms with Crippen molar-refractivity contribution in [2.45, 2.75) is 19.9 Å². The van der Waals surface area contributed by atoms with Crippen molar-refractivity contribution in [2.24, 2.45) is 5.92 Å². The summed E-state index contributed by atoms with van der Waals surface area (Å²) in [6.07, 6.45) is 0. The molecule has 0 bridgehead atoms. The highest BCUT2D eigenvalue weighted by Gasteiger charge is 2.30. The molecule has 0 N–H and O–H groups in total. The van der Waals surface area contributed by atoms with E-state index in [1.807, 2.05) is 0 Å². The first-order chi connectivity index (χ1) is 14.5. The van der Waals surface area contributed by atoms with Crippen LogP contribution in [-0.4, -0.2) is 122 Å². The Hall–Kier alpha value is -1.76. The van der Waals surface area contributed by atoms with Crippen LogP contribution in [0.4, 0.5) is 17.6 Å². The Balaban J connectivity index is 3.09. The molecule has 0 amide bonds. The highest BCUT2D eigenvalue weighted by molar-refractivity contribution is 5.74. The molecule has 31 heavy (non-hydrogen) atoms. The maximum absolute atomic E-state index is 13.7. The minimum absolute atomic E-state index is 0.102. The minimum Gasteiger partial charge on any atom is -0.291 e. The van der Waals surface area contributed by atoms with Gasteiger partial charge in [-0.15, -0.1) is 0 Å². The summed E-state index contributed by atoms with van der Waals surface area (Å²) in [5.41, 5.74) is 0. The standard InChI is InChI=1S/C19H30F4N4O4/c1-14(2)18(19(23)31)27-9-7-25(12-16(21)29)5-3-24(11-15(20)28)4-6-26(8-10-27)13-17(22)30/h14,18H,3-13H2,1-2H3. The number of carbonyl (C=O) groups is 4. The monoisotopic (exact) mass is 454 g/mol. The van der Waals surface area contributed by atoms with E-state index in [9.17, 15) is 36.7 Å². The van der Waals surface area contributed by atoms with Crippen LogP contribution < -0.4 is 0 Å². The van der Waals surface area contributed by atoms with Crippen molar-refractivity contribution in [1.82, 2.24) is 19.6 Å². The molecule has 1 saturated heterocycles. The highest BCUT2D eigenvalue weighted by atomic mass is 19.1. The first-order valence-corrected chi connectivity index (χ1v) is 10.1. The van der Waals surface area contributed by atoms with Gasteiger partial charge >= 0.3 is 24.1 Å². The fourth-order valence-corrected chi connectivity index (χ4v) is 3.66. The predicted octanol–water partition coefficient (Wildman–Crippen LogP) is 0.217. The SMILES string of the molecule is CC(C)C(C(=O)F)N1CCN(CC(=O)F)CCN(CC(=O)F)CCN(CC(=O)F)CC1. The summed E-state index contributed by atoms with van der Waals surface area (Å²) in [4.78, 5) is 50.3. The Morgan fingerprint density at radius 2 is 0.903 bits per heavy atom. The van der Waals surface area contributed by atoms with Crippen molar-refractivity contribution in [3.63, 3.8) is 0 Å². The predicted molar refractivity (Wildman–Crippen MR) is 104 cm³/mol. The average Bonchev–Trinajstić information content (AvgIpc) is 2.61. The van der Waals surface area contributed by atoms with E-state index in [1.54, 1.807) is 13.8 Å². The number of hydrogen-bond acceptors (Lipinski definition) is 8. The van der Waals surface area contributed by atoms with Gasteiger partial charge in [-0.3, -0.25) is 38.8 Å². The van der Waals surface area contributed by atoms with Crippen LogP contribution in [0.5, 0.6) is 0 Å². The zero-order valence-corrected chi connectivity index (χ0v) is 17.9. The third-order valence-corrected chi connectivity index (χ3v) is 5.17. The number of halogens is 4. The molecule has 0 aromatic rings. The Kier molecular flexibility index (Phi) is 12.0. The van der Waals surface area contributed by atoms with E-state index in [0.717, 1.165) is 0 Å². The van der Waals surface area contributed by atoms with E-state index < -0.39 is 49.8 Å². The van der Waals surface area contributed by atoms with Gasteiger partial charge in [-0.2, -0.15) is 17.6 Å². The molecule has 12 heteroatoms. The summed E-state index contributed by atoms with van der Waals surface area (Å²) in [6.45, 7) is 2.55. The van der Waals surface area contributed by atoms with Crippen LogP contribution in [0, 0.1) is 5.92 Å². The fraction of sp³-hybridized carbons (Fsp3) is 0.789. The maximum Gasteiger partial charge on any atom is 0.318 e. The Bertz CT molecular complexity index is 606. The van der Waals surface area contributed by atoms with Gasteiger partial charge < -0.3 is 0 Å². The molecule has 1 heterocycles. The summed E-state index contributed by atoms with van der Waals surface area (Å²) in [5, 5.41) is 0. The summed E-state index contributed by atoms with van der Waals surface area (Å²) in [6, 6.07) is -7.38. The van der Waals surface area contributed by atoms with Gasteiger partial charge in [0.25, 0.3) is 0 Å². The molecule has 0 spiro atoms. The zero-order chi connectivity index (χ0) is 23.6. The molecule has 1 fully saturated rings. The van der Waals surface area contributed by atoms with Gasteiger partial charge in [-0.1, -0.05) is 13.8 Å².